The van der Waals surface area contributed by atoms with Crippen LogP contribution in [0.25, 0.3) is 0 Å². The number of ether oxygens (including phenoxy) is 1. The Morgan fingerprint density at radius 2 is 1.86 bits per heavy atom. The van der Waals surface area contributed by atoms with E-state index in [0.29, 0.717) is 18.4 Å². The Balaban J connectivity index is 0. The molecule has 9 heteroatoms. The molecule has 0 bridgehead atoms. The SMILES string of the molecule is C=C(C)NC.C=C(CNC)N1C=C(C)CC(C)(C)C1=NC.CC(C)(C)C#N.CC1=CC=CC(F)CC1(F)OCCCC=N. The highest BCUT2D eigenvalue weighted by molar-refractivity contribution is 5.91. The first-order chi connectivity index (χ1) is 19.8. The molecular formula is C34H58F2N6O. The lowest BCUT2D eigenvalue weighted by Crippen LogP contribution is -2.42. The van der Waals surface area contributed by atoms with Gasteiger partial charge in [-0.15, -0.1) is 0 Å². The van der Waals surface area contributed by atoms with E-state index in [0.717, 1.165) is 30.2 Å². The lowest BCUT2D eigenvalue weighted by Gasteiger charge is -2.39. The first kappa shape index (κ1) is 42.0. The third-order valence-corrected chi connectivity index (χ3v) is 6.14. The summed E-state index contributed by atoms with van der Waals surface area (Å²) < 4.78 is 32.6. The van der Waals surface area contributed by atoms with E-state index in [-0.39, 0.29) is 23.9 Å². The molecule has 7 nitrogen and oxygen atoms in total. The number of amidine groups is 1. The van der Waals surface area contributed by atoms with Crippen LogP contribution in [0.1, 0.15) is 81.1 Å². The average molecular weight is 605 g/mol. The molecular weight excluding hydrogens is 546 g/mol. The van der Waals surface area contributed by atoms with E-state index in [4.69, 9.17) is 15.4 Å². The minimum atomic E-state index is -2.01. The van der Waals surface area contributed by atoms with Crippen molar-refractivity contribution in [2.24, 2.45) is 15.8 Å². The van der Waals surface area contributed by atoms with Gasteiger partial charge >= 0.3 is 0 Å². The van der Waals surface area contributed by atoms with Gasteiger partial charge in [0, 0.05) is 49.8 Å². The maximum atomic E-state index is 14.3. The van der Waals surface area contributed by atoms with Gasteiger partial charge in [-0.25, -0.2) is 8.78 Å². The van der Waals surface area contributed by atoms with Crippen LogP contribution in [0, 0.1) is 27.6 Å². The molecule has 2 atom stereocenters. The highest BCUT2D eigenvalue weighted by Crippen LogP contribution is 2.35. The fourth-order valence-electron chi connectivity index (χ4n) is 3.89. The van der Waals surface area contributed by atoms with Crippen molar-refractivity contribution in [1.82, 2.24) is 15.5 Å². The molecule has 0 amide bonds. The summed E-state index contributed by atoms with van der Waals surface area (Å²) in [6.45, 7) is 24.4. The van der Waals surface area contributed by atoms with Crippen LogP contribution in [-0.4, -0.2) is 63.3 Å². The zero-order valence-corrected chi connectivity index (χ0v) is 28.6. The van der Waals surface area contributed by atoms with Crippen LogP contribution < -0.4 is 10.6 Å². The molecule has 0 saturated heterocycles. The Labute approximate surface area is 261 Å². The summed E-state index contributed by atoms with van der Waals surface area (Å²) in [5.74, 6) is -0.913. The summed E-state index contributed by atoms with van der Waals surface area (Å²) in [7, 11) is 5.63. The van der Waals surface area contributed by atoms with Crippen molar-refractivity contribution in [2.75, 3.05) is 34.3 Å². The van der Waals surface area contributed by atoms with Gasteiger partial charge < -0.3 is 25.7 Å². The lowest BCUT2D eigenvalue weighted by molar-refractivity contribution is -0.127. The van der Waals surface area contributed by atoms with Crippen LogP contribution >= 0.6 is 0 Å². The van der Waals surface area contributed by atoms with Gasteiger partial charge in [0.15, 0.2) is 0 Å². The molecule has 1 aliphatic heterocycles. The molecule has 2 unspecified atom stereocenters. The van der Waals surface area contributed by atoms with Crippen molar-refractivity contribution in [3.63, 3.8) is 0 Å². The van der Waals surface area contributed by atoms with E-state index in [2.05, 4.69) is 66.7 Å². The number of unbranched alkanes of at least 4 members (excludes halogenated alkanes) is 1. The van der Waals surface area contributed by atoms with Gasteiger partial charge in [0.25, 0.3) is 0 Å². The Bertz CT molecular complexity index is 1050. The fraction of sp³-hybridized carbons (Fsp3) is 0.618. The minimum Gasteiger partial charge on any atom is -0.392 e. The first-order valence-electron chi connectivity index (χ1n) is 14.7. The molecule has 0 spiro atoms. The largest absolute Gasteiger partial charge is 0.392 e. The lowest BCUT2D eigenvalue weighted by atomic mass is 9.81. The number of hydrogen-bond donors (Lipinski definition) is 3. The van der Waals surface area contributed by atoms with E-state index in [9.17, 15) is 8.78 Å². The second-order valence-electron chi connectivity index (χ2n) is 12.3. The summed E-state index contributed by atoms with van der Waals surface area (Å²) in [4.78, 5) is 6.55. The van der Waals surface area contributed by atoms with Crippen LogP contribution in [0.5, 0.6) is 0 Å². The van der Waals surface area contributed by atoms with Gasteiger partial charge in [0.2, 0.25) is 5.85 Å². The number of likely N-dealkylation sites (N-methyl/N-ethyl adjacent to an activating group) is 1. The molecule has 0 aromatic carbocycles. The van der Waals surface area contributed by atoms with Crippen LogP contribution in [-0.2, 0) is 4.74 Å². The number of rotatable bonds is 9. The normalized spacial score (nSPS) is 21.5. The molecule has 1 heterocycles. The fourth-order valence-corrected chi connectivity index (χ4v) is 3.89. The highest BCUT2D eigenvalue weighted by Gasteiger charge is 2.36. The maximum Gasteiger partial charge on any atom is 0.234 e. The van der Waals surface area contributed by atoms with Crippen molar-refractivity contribution in [3.05, 3.63) is 60.1 Å². The number of aliphatic imine (C=N–C) groups is 1. The van der Waals surface area contributed by atoms with Gasteiger partial charge in [0.05, 0.1) is 12.7 Å². The maximum absolute atomic E-state index is 14.3. The summed E-state index contributed by atoms with van der Waals surface area (Å²) in [6, 6.07) is 2.10. The predicted octanol–water partition coefficient (Wildman–Crippen LogP) is 8.02. The molecule has 3 N–H and O–H groups in total. The van der Waals surface area contributed by atoms with Gasteiger partial charge in [-0.3, -0.25) is 4.99 Å². The second-order valence-corrected chi connectivity index (χ2v) is 12.3. The molecule has 0 radical (unpaired) electrons. The van der Waals surface area contributed by atoms with Gasteiger partial charge in [0.1, 0.15) is 12.0 Å². The zero-order valence-electron chi connectivity index (χ0n) is 28.6. The molecule has 1 aliphatic carbocycles. The smallest absolute Gasteiger partial charge is 0.234 e. The average Bonchev–Trinajstić information content (AvgIpc) is 3.03. The van der Waals surface area contributed by atoms with E-state index in [1.165, 1.54) is 30.0 Å². The molecule has 43 heavy (non-hydrogen) atoms. The minimum absolute atomic E-state index is 0.0876. The first-order valence-corrected chi connectivity index (χ1v) is 14.7. The highest BCUT2D eigenvalue weighted by atomic mass is 19.2. The van der Waals surface area contributed by atoms with Crippen molar-refractivity contribution < 1.29 is 13.5 Å². The standard InChI is InChI=1S/C13H23N3.C12H17F2NO.C5H9N.C4H9N/c1-10-7-13(3,4)12(15-6)16(9-10)11(2)8-14-5;1-10-5-4-6-11(13)9-12(10,14)16-8-3-2-7-15;1-5(2,3)4-6;1-4(2)5-3/h9,14H,2,7-8H2,1,3-6H3;4-7,11,15H,2-3,8-9H2,1H3;1-3H3;5H,1H2,2-3H3. The topological polar surface area (TPSA) is 96.5 Å². The Kier molecular flexibility index (Phi) is 20.3. The summed E-state index contributed by atoms with van der Waals surface area (Å²) >= 11 is 0. The summed E-state index contributed by atoms with van der Waals surface area (Å²) in [5.41, 5.74) is 3.73. The molecule has 244 valence electrons. The zero-order chi connectivity index (χ0) is 33.9. The van der Waals surface area contributed by atoms with Crippen LogP contribution in [0.2, 0.25) is 0 Å². The quantitative estimate of drug-likeness (QED) is 0.183. The van der Waals surface area contributed by atoms with Crippen LogP contribution in [0.4, 0.5) is 8.78 Å². The van der Waals surface area contributed by atoms with Gasteiger partial charge in [-0.05, 0) is 85.3 Å². The molecule has 0 aromatic heterocycles. The number of halogens is 2. The van der Waals surface area contributed by atoms with Gasteiger partial charge in [-0.2, -0.15) is 5.26 Å². The van der Waals surface area contributed by atoms with E-state index in [1.54, 1.807) is 6.92 Å². The van der Waals surface area contributed by atoms with Crippen molar-refractivity contribution in [2.45, 2.75) is 93.1 Å². The number of allylic oxidation sites excluding steroid dienone is 5. The monoisotopic (exact) mass is 604 g/mol. The number of alkyl halides is 2. The number of nitrogens with zero attached hydrogens (tertiary/aromatic N) is 3. The number of nitrogens with one attached hydrogen (secondary N) is 3. The molecule has 0 fully saturated rings. The molecule has 0 saturated carbocycles. The van der Waals surface area contributed by atoms with E-state index < -0.39 is 12.0 Å². The molecule has 0 aromatic rings. The summed E-state index contributed by atoms with van der Waals surface area (Å²) in [5, 5.41) is 20.9. The Morgan fingerprint density at radius 1 is 1.30 bits per heavy atom. The van der Waals surface area contributed by atoms with Crippen LogP contribution in [0.15, 0.2) is 65.1 Å². The molecule has 2 rings (SSSR count). The predicted molar refractivity (Wildman–Crippen MR) is 180 cm³/mol. The van der Waals surface area contributed by atoms with Crippen molar-refractivity contribution in [3.8, 4) is 6.07 Å². The summed E-state index contributed by atoms with van der Waals surface area (Å²) in [6.07, 6.45) is 8.35. The second kappa shape index (κ2) is 20.8. The van der Waals surface area contributed by atoms with Crippen molar-refractivity contribution in [1.29, 1.82) is 10.7 Å². The molecule has 2 aliphatic rings. The number of nitriles is 1. The van der Waals surface area contributed by atoms with Crippen LogP contribution in [0.3, 0.4) is 0 Å². The third-order valence-electron chi connectivity index (χ3n) is 6.14. The Morgan fingerprint density at radius 3 is 2.30 bits per heavy atom. The Hall–Kier alpha value is -3.09. The van der Waals surface area contributed by atoms with Gasteiger partial charge in [-0.1, -0.05) is 50.8 Å². The number of hydrogen-bond acceptors (Lipinski definition) is 6. The van der Waals surface area contributed by atoms with Crippen molar-refractivity contribution >= 4 is 12.1 Å². The third kappa shape index (κ3) is 18.2. The van der Waals surface area contributed by atoms with E-state index in [1.807, 2.05) is 48.8 Å². The van der Waals surface area contributed by atoms with E-state index >= 15 is 0 Å².